The molecule has 10 N–H and O–H groups in total. The van der Waals surface area contributed by atoms with Gasteiger partial charge in [-0.15, -0.1) is 0 Å². The molecule has 10 atom stereocenters. The second-order valence-corrected chi connectivity index (χ2v) is 16.0. The number of carbonyl (C=O) groups excluding carboxylic acids is 5. The van der Waals surface area contributed by atoms with Crippen molar-refractivity contribution in [3.8, 4) is 0 Å². The molecule has 0 spiro atoms. The first-order chi connectivity index (χ1) is 24.5. The fraction of sp³-hybridized carbons (Fsp3) is 0.861. The first kappa shape index (κ1) is 43.6. The Morgan fingerprint density at radius 1 is 0.808 bits per heavy atom. The molecule has 0 unspecified atom stereocenters. The molecule has 1 heterocycles. The molecule has 2 bridgehead atoms. The molecule has 4 rings (SSSR count). The van der Waals surface area contributed by atoms with Crippen LogP contribution in [-0.4, -0.2) is 103 Å². The maximum absolute atomic E-state index is 13.6. The van der Waals surface area contributed by atoms with Crippen molar-refractivity contribution in [3.63, 3.8) is 0 Å². The van der Waals surface area contributed by atoms with Gasteiger partial charge in [-0.2, -0.15) is 0 Å². The maximum Gasteiger partial charge on any atom is 0.481 e. The maximum atomic E-state index is 13.6. The highest BCUT2D eigenvalue weighted by Gasteiger charge is 2.68. The fourth-order valence-corrected chi connectivity index (χ4v) is 7.98. The van der Waals surface area contributed by atoms with Crippen molar-refractivity contribution in [2.75, 3.05) is 13.1 Å². The molecule has 4 fully saturated rings. The number of aliphatic hydroxyl groups excluding tert-OH is 1. The van der Waals surface area contributed by atoms with Gasteiger partial charge >= 0.3 is 7.12 Å². The molecule has 15 nitrogen and oxygen atoms in total. The van der Waals surface area contributed by atoms with Gasteiger partial charge in [0.15, 0.2) is 0 Å². The number of amides is 5. The summed E-state index contributed by atoms with van der Waals surface area (Å²) in [6.07, 6.45) is 7.20. The predicted octanol–water partition coefficient (Wildman–Crippen LogP) is 0.547. The summed E-state index contributed by atoms with van der Waals surface area (Å²) in [5.41, 5.74) is 11.2. The number of unbranched alkanes of at least 4 members (excludes halogenated alkanes) is 5. The fourth-order valence-electron chi connectivity index (χ4n) is 7.98. The minimum Gasteiger partial charge on any atom is -0.404 e. The Bertz CT molecular complexity index is 1240. The summed E-state index contributed by atoms with van der Waals surface area (Å²) < 4.78 is 12.9. The monoisotopic (exact) mass is 736 g/mol. The van der Waals surface area contributed by atoms with E-state index in [-0.39, 0.29) is 30.4 Å². The lowest BCUT2D eigenvalue weighted by atomic mass is 9.43. The number of rotatable bonds is 22. The molecular formula is C36H66BN7O8. The number of nitrogens with two attached hydrogens (primary N) is 2. The summed E-state index contributed by atoms with van der Waals surface area (Å²) in [7, 11) is -0.636. The van der Waals surface area contributed by atoms with Gasteiger partial charge in [-0.1, -0.05) is 46.5 Å². The second-order valence-electron chi connectivity index (χ2n) is 16.0. The van der Waals surface area contributed by atoms with Gasteiger partial charge in [0.25, 0.3) is 0 Å². The van der Waals surface area contributed by atoms with Crippen LogP contribution in [0.3, 0.4) is 0 Å². The van der Waals surface area contributed by atoms with E-state index in [4.69, 9.17) is 20.8 Å². The third kappa shape index (κ3) is 10.9. The van der Waals surface area contributed by atoms with E-state index in [2.05, 4.69) is 54.3 Å². The topological polar surface area (TPSA) is 236 Å². The van der Waals surface area contributed by atoms with Gasteiger partial charge in [-0.3, -0.25) is 24.0 Å². The van der Waals surface area contributed by atoms with Crippen LogP contribution in [0.4, 0.5) is 0 Å². The van der Waals surface area contributed by atoms with E-state index in [0.29, 0.717) is 44.1 Å². The molecule has 16 heteroatoms. The van der Waals surface area contributed by atoms with Crippen LogP contribution in [0.2, 0.25) is 0 Å². The number of hydrogen-bond donors (Lipinski definition) is 8. The molecule has 0 aromatic heterocycles. The zero-order valence-electron chi connectivity index (χ0n) is 32.4. The van der Waals surface area contributed by atoms with E-state index in [9.17, 15) is 29.1 Å². The third-order valence-electron chi connectivity index (χ3n) is 11.5. The number of hydrogen-bond acceptors (Lipinski definition) is 10. The molecule has 0 aromatic rings. The van der Waals surface area contributed by atoms with Gasteiger partial charge in [0.2, 0.25) is 29.5 Å². The Morgan fingerprint density at radius 3 is 2.10 bits per heavy atom. The van der Waals surface area contributed by atoms with Gasteiger partial charge in [0.05, 0.1) is 23.8 Å². The van der Waals surface area contributed by atoms with Crippen LogP contribution in [-0.2, 0) is 33.3 Å². The van der Waals surface area contributed by atoms with Crippen molar-refractivity contribution < 1.29 is 38.4 Å². The van der Waals surface area contributed by atoms with E-state index in [1.807, 2.05) is 6.92 Å². The minimum atomic E-state index is -1.44. The lowest BCUT2D eigenvalue weighted by Crippen LogP contribution is -2.65. The molecule has 0 aromatic carbocycles. The molecular weight excluding hydrogens is 669 g/mol. The number of aliphatic hydroxyl groups is 1. The summed E-state index contributed by atoms with van der Waals surface area (Å²) in [4.78, 5) is 65.5. The van der Waals surface area contributed by atoms with Crippen molar-refractivity contribution in [1.82, 2.24) is 26.6 Å². The molecule has 52 heavy (non-hydrogen) atoms. The van der Waals surface area contributed by atoms with Gasteiger partial charge in [-0.05, 0) is 90.0 Å². The average molecular weight is 736 g/mol. The Hall–Kier alpha value is -2.79. The Morgan fingerprint density at radius 2 is 1.48 bits per heavy atom. The molecule has 296 valence electrons. The van der Waals surface area contributed by atoms with Crippen molar-refractivity contribution in [1.29, 1.82) is 0 Å². The van der Waals surface area contributed by atoms with Gasteiger partial charge in [-0.25, -0.2) is 0 Å². The largest absolute Gasteiger partial charge is 0.481 e. The van der Waals surface area contributed by atoms with E-state index >= 15 is 0 Å². The quantitative estimate of drug-likeness (QED) is 0.0568. The molecule has 5 amide bonds. The summed E-state index contributed by atoms with van der Waals surface area (Å²) in [6.45, 7) is 13.6. The summed E-state index contributed by atoms with van der Waals surface area (Å²) in [5.74, 6) is -2.49. The van der Waals surface area contributed by atoms with E-state index in [0.717, 1.165) is 38.5 Å². The standard InChI is InChI=1S/C36H66BN7O8/c1-8-9-10-11-12-16-29(46)42-26(20-39)33(49)44-30(22(3)45)34(50)40-21(2)31(47)43-25(15-13-14-17-38)32(48)41-23(4)37-51-28-19-24-18-27(35(24,5)6)36(28,7)52-37/h21-28,30,45H,8-20,38-39H2,1-7H3,(H,40,50)(H,41,48)(H,42,46)(H,43,47)(H,44,49)/t21-,22+,23-,24-,25-,26-,27-,28+,30-,36-/m0/s1. The van der Waals surface area contributed by atoms with Crippen molar-refractivity contribution in [2.45, 2.75) is 167 Å². The predicted molar refractivity (Wildman–Crippen MR) is 198 cm³/mol. The zero-order chi connectivity index (χ0) is 38.8. The molecule has 3 saturated carbocycles. The zero-order valence-corrected chi connectivity index (χ0v) is 32.4. The van der Waals surface area contributed by atoms with Crippen molar-refractivity contribution >= 4 is 36.7 Å². The Labute approximate surface area is 310 Å². The van der Waals surface area contributed by atoms with E-state index in [1.54, 1.807) is 0 Å². The van der Waals surface area contributed by atoms with Crippen LogP contribution in [0, 0.1) is 17.3 Å². The highest BCUT2D eigenvalue weighted by atomic mass is 16.7. The molecule has 1 saturated heterocycles. The van der Waals surface area contributed by atoms with Crippen LogP contribution in [0.15, 0.2) is 0 Å². The van der Waals surface area contributed by atoms with Gasteiger partial charge in [0.1, 0.15) is 24.2 Å². The Kier molecular flexibility index (Phi) is 16.4. The van der Waals surface area contributed by atoms with Crippen LogP contribution in [0.1, 0.15) is 119 Å². The average Bonchev–Trinajstić information content (AvgIpc) is 3.46. The van der Waals surface area contributed by atoms with E-state index < -0.39 is 72.6 Å². The molecule has 3 aliphatic carbocycles. The van der Waals surface area contributed by atoms with Crippen LogP contribution >= 0.6 is 0 Å². The number of nitrogens with one attached hydrogen (secondary N) is 5. The molecule has 1 aliphatic heterocycles. The minimum absolute atomic E-state index is 0.0431. The highest BCUT2D eigenvalue weighted by molar-refractivity contribution is 6.47. The molecule has 0 radical (unpaired) electrons. The van der Waals surface area contributed by atoms with Crippen LogP contribution in [0.5, 0.6) is 0 Å². The highest BCUT2D eigenvalue weighted by Crippen LogP contribution is 2.65. The summed E-state index contributed by atoms with van der Waals surface area (Å²) in [6, 6.07) is -4.62. The van der Waals surface area contributed by atoms with E-state index in [1.165, 1.54) is 13.8 Å². The summed E-state index contributed by atoms with van der Waals surface area (Å²) >= 11 is 0. The SMILES string of the molecule is CCCCCCCC(=O)N[C@@H](CN)C(=O)N[C@H](C(=O)N[C@@H](C)C(=O)N[C@@H](CCCCN)C(=O)N[C@@H](C)B1O[C@@H]2C[C@@H]3C[C@@H](C3(C)C)[C@]2(C)O1)[C@@H](C)O. The van der Waals surface area contributed by atoms with Crippen LogP contribution < -0.4 is 38.1 Å². The second kappa shape index (κ2) is 19.5. The van der Waals surface area contributed by atoms with Crippen LogP contribution in [0.25, 0.3) is 0 Å². The van der Waals surface area contributed by atoms with Crippen molar-refractivity contribution in [3.05, 3.63) is 0 Å². The van der Waals surface area contributed by atoms with Crippen molar-refractivity contribution in [2.24, 2.45) is 28.7 Å². The molecule has 4 aliphatic rings. The Balaban J connectivity index is 1.55. The van der Waals surface area contributed by atoms with Gasteiger partial charge < -0.3 is 52.5 Å². The number of carbonyl (C=O) groups is 5. The third-order valence-corrected chi connectivity index (χ3v) is 11.5. The normalized spacial score (nSPS) is 26.3. The first-order valence-corrected chi connectivity index (χ1v) is 19.4. The lowest BCUT2D eigenvalue weighted by Gasteiger charge is -2.64. The summed E-state index contributed by atoms with van der Waals surface area (Å²) in [5, 5.41) is 23.6. The van der Waals surface area contributed by atoms with Gasteiger partial charge in [0, 0.05) is 13.0 Å². The first-order valence-electron chi connectivity index (χ1n) is 19.4. The smallest absolute Gasteiger partial charge is 0.404 e. The lowest BCUT2D eigenvalue weighted by molar-refractivity contribution is -0.199.